The van der Waals surface area contributed by atoms with Crippen molar-refractivity contribution in [2.24, 2.45) is 7.05 Å². The van der Waals surface area contributed by atoms with E-state index in [1.54, 1.807) is 31.4 Å². The molecule has 2 aromatic rings. The second kappa shape index (κ2) is 4.49. The van der Waals surface area contributed by atoms with Crippen LogP contribution in [0.15, 0.2) is 36.7 Å². The molecule has 0 aliphatic rings. The summed E-state index contributed by atoms with van der Waals surface area (Å²) in [6.07, 6.45) is 3.04. The second-order valence-corrected chi connectivity index (χ2v) is 3.43. The van der Waals surface area contributed by atoms with E-state index in [1.165, 1.54) is 16.9 Å². The third-order valence-corrected chi connectivity index (χ3v) is 2.12. The minimum absolute atomic E-state index is 0.341. The fraction of sp³-hybridized carbons (Fsp3) is 0.0833. The molecule has 1 heterocycles. The molecule has 0 fully saturated rings. The maximum Gasteiger partial charge on any atom is 0.343 e. The number of nitriles is 1. The third kappa shape index (κ3) is 2.49. The van der Waals surface area contributed by atoms with Crippen LogP contribution in [0.5, 0.6) is 5.75 Å². The standard InChI is InChI=1S/C12H9N3O2/c1-15-8-11(7-14-15)17-12(16)10-4-2-3-9(5-10)6-13/h2-5,7-8H,1H3. The van der Waals surface area contributed by atoms with Gasteiger partial charge in [0.2, 0.25) is 0 Å². The van der Waals surface area contributed by atoms with Crippen LogP contribution in [0.4, 0.5) is 0 Å². The Hall–Kier alpha value is -2.61. The van der Waals surface area contributed by atoms with E-state index in [4.69, 9.17) is 10.00 Å². The van der Waals surface area contributed by atoms with Gasteiger partial charge >= 0.3 is 5.97 Å². The molecule has 0 radical (unpaired) electrons. The number of benzene rings is 1. The predicted molar refractivity (Wildman–Crippen MR) is 59.3 cm³/mol. The van der Waals surface area contributed by atoms with Gasteiger partial charge in [-0.3, -0.25) is 4.68 Å². The molecule has 0 bridgehead atoms. The van der Waals surface area contributed by atoms with Gasteiger partial charge in [0.25, 0.3) is 0 Å². The molecule has 17 heavy (non-hydrogen) atoms. The maximum absolute atomic E-state index is 11.7. The third-order valence-electron chi connectivity index (χ3n) is 2.12. The largest absolute Gasteiger partial charge is 0.420 e. The van der Waals surface area contributed by atoms with E-state index in [1.807, 2.05) is 6.07 Å². The number of aromatic nitrogens is 2. The Morgan fingerprint density at radius 1 is 1.53 bits per heavy atom. The first-order valence-electron chi connectivity index (χ1n) is 4.90. The maximum atomic E-state index is 11.7. The van der Waals surface area contributed by atoms with Gasteiger partial charge in [0, 0.05) is 7.05 Å². The molecule has 0 aliphatic carbocycles. The lowest BCUT2D eigenvalue weighted by Crippen LogP contribution is -2.08. The Balaban J connectivity index is 2.17. The molecule has 0 spiro atoms. The average Bonchev–Trinajstić information content (AvgIpc) is 2.75. The highest BCUT2D eigenvalue weighted by Crippen LogP contribution is 2.11. The second-order valence-electron chi connectivity index (χ2n) is 3.43. The number of rotatable bonds is 2. The molecule has 1 aromatic carbocycles. The van der Waals surface area contributed by atoms with Crippen molar-refractivity contribution in [2.45, 2.75) is 0 Å². The molecule has 0 N–H and O–H groups in total. The molecule has 0 aliphatic heterocycles. The molecule has 2 rings (SSSR count). The first-order valence-corrected chi connectivity index (χ1v) is 4.90. The van der Waals surface area contributed by atoms with Crippen LogP contribution in [0.25, 0.3) is 0 Å². The summed E-state index contributed by atoms with van der Waals surface area (Å²) in [5.74, 6) is -0.130. The number of ether oxygens (including phenoxy) is 1. The average molecular weight is 227 g/mol. The van der Waals surface area contributed by atoms with Gasteiger partial charge in [0.15, 0.2) is 5.75 Å². The van der Waals surface area contributed by atoms with Crippen LogP contribution in [0.3, 0.4) is 0 Å². The van der Waals surface area contributed by atoms with Gasteiger partial charge < -0.3 is 4.74 Å². The molecular formula is C12H9N3O2. The molecule has 0 amide bonds. The van der Waals surface area contributed by atoms with Gasteiger partial charge in [-0.1, -0.05) is 6.07 Å². The van der Waals surface area contributed by atoms with Crippen molar-refractivity contribution in [3.8, 4) is 11.8 Å². The first kappa shape index (κ1) is 10.9. The highest BCUT2D eigenvalue weighted by Gasteiger charge is 2.10. The molecule has 5 heteroatoms. The predicted octanol–water partition coefficient (Wildman–Crippen LogP) is 1.51. The van der Waals surface area contributed by atoms with Crippen LogP contribution < -0.4 is 4.74 Å². The quantitative estimate of drug-likeness (QED) is 0.729. The van der Waals surface area contributed by atoms with Gasteiger partial charge in [-0.25, -0.2) is 4.79 Å². The van der Waals surface area contributed by atoms with Crippen LogP contribution in [-0.4, -0.2) is 15.7 Å². The van der Waals surface area contributed by atoms with Crippen LogP contribution in [-0.2, 0) is 7.05 Å². The topological polar surface area (TPSA) is 67.9 Å². The first-order chi connectivity index (χ1) is 8.19. The van der Waals surface area contributed by atoms with Crippen molar-refractivity contribution in [2.75, 3.05) is 0 Å². The van der Waals surface area contributed by atoms with Crippen LogP contribution in [0, 0.1) is 11.3 Å². The van der Waals surface area contributed by atoms with Crippen molar-refractivity contribution >= 4 is 5.97 Å². The smallest absolute Gasteiger partial charge is 0.343 e. The summed E-state index contributed by atoms with van der Waals surface area (Å²) >= 11 is 0. The van der Waals surface area contributed by atoms with Crippen LogP contribution >= 0.6 is 0 Å². The zero-order valence-electron chi connectivity index (χ0n) is 9.12. The summed E-state index contributed by atoms with van der Waals surface area (Å²) in [6.45, 7) is 0. The van der Waals surface area contributed by atoms with Crippen molar-refractivity contribution in [3.05, 3.63) is 47.8 Å². The molecule has 0 unspecified atom stereocenters. The lowest BCUT2D eigenvalue weighted by Gasteiger charge is -2.01. The molecule has 0 saturated heterocycles. The summed E-state index contributed by atoms with van der Waals surface area (Å²) in [5.41, 5.74) is 0.763. The lowest BCUT2D eigenvalue weighted by molar-refractivity contribution is 0.0734. The van der Waals surface area contributed by atoms with Gasteiger partial charge in [-0.15, -0.1) is 0 Å². The van der Waals surface area contributed by atoms with Crippen molar-refractivity contribution in [3.63, 3.8) is 0 Å². The van der Waals surface area contributed by atoms with Crippen molar-refractivity contribution in [1.29, 1.82) is 5.26 Å². The zero-order valence-corrected chi connectivity index (χ0v) is 9.12. The number of esters is 1. The van der Waals surface area contributed by atoms with Gasteiger partial charge in [0.05, 0.1) is 29.6 Å². The highest BCUT2D eigenvalue weighted by atomic mass is 16.5. The molecule has 0 saturated carbocycles. The normalized spacial score (nSPS) is 9.65. The highest BCUT2D eigenvalue weighted by molar-refractivity contribution is 5.91. The van der Waals surface area contributed by atoms with E-state index in [0.717, 1.165) is 0 Å². The summed E-state index contributed by atoms with van der Waals surface area (Å²) in [4.78, 5) is 11.7. The van der Waals surface area contributed by atoms with Gasteiger partial charge in [0.1, 0.15) is 0 Å². The van der Waals surface area contributed by atoms with Crippen LogP contribution in [0.2, 0.25) is 0 Å². The fourth-order valence-electron chi connectivity index (χ4n) is 1.33. The summed E-state index contributed by atoms with van der Waals surface area (Å²) in [5, 5.41) is 12.6. The monoisotopic (exact) mass is 227 g/mol. The minimum Gasteiger partial charge on any atom is -0.420 e. The zero-order chi connectivity index (χ0) is 12.3. The van der Waals surface area contributed by atoms with E-state index >= 15 is 0 Å². The summed E-state index contributed by atoms with van der Waals surface area (Å²) in [6, 6.07) is 8.31. The van der Waals surface area contributed by atoms with Gasteiger partial charge in [-0.2, -0.15) is 10.4 Å². The summed E-state index contributed by atoms with van der Waals surface area (Å²) < 4.78 is 6.63. The van der Waals surface area contributed by atoms with E-state index in [-0.39, 0.29) is 0 Å². The summed E-state index contributed by atoms with van der Waals surface area (Å²) in [7, 11) is 1.73. The molecule has 84 valence electrons. The number of carbonyl (C=O) groups is 1. The fourth-order valence-corrected chi connectivity index (χ4v) is 1.33. The number of carbonyl (C=O) groups excluding carboxylic acids is 1. The van der Waals surface area contributed by atoms with E-state index in [9.17, 15) is 4.79 Å². The SMILES string of the molecule is Cn1cc(OC(=O)c2cccc(C#N)c2)cn1. The minimum atomic E-state index is -0.505. The van der Waals surface area contributed by atoms with Crippen LogP contribution in [0.1, 0.15) is 15.9 Å². The Morgan fingerprint density at radius 3 is 3.00 bits per heavy atom. The Morgan fingerprint density at radius 2 is 2.35 bits per heavy atom. The van der Waals surface area contributed by atoms with Crippen molar-refractivity contribution < 1.29 is 9.53 Å². The Bertz CT molecular complexity index is 596. The molecule has 0 atom stereocenters. The van der Waals surface area contributed by atoms with E-state index in [2.05, 4.69) is 5.10 Å². The lowest BCUT2D eigenvalue weighted by atomic mass is 10.1. The number of aryl methyl sites for hydroxylation is 1. The Labute approximate surface area is 97.9 Å². The molecule has 1 aromatic heterocycles. The molecular weight excluding hydrogens is 218 g/mol. The van der Waals surface area contributed by atoms with Crippen molar-refractivity contribution in [1.82, 2.24) is 9.78 Å². The van der Waals surface area contributed by atoms with E-state index in [0.29, 0.717) is 16.9 Å². The Kier molecular flexibility index (Phi) is 2.88. The number of hydrogen-bond acceptors (Lipinski definition) is 4. The van der Waals surface area contributed by atoms with E-state index < -0.39 is 5.97 Å². The number of nitrogens with zero attached hydrogens (tertiary/aromatic N) is 3. The molecule has 5 nitrogen and oxygen atoms in total. The van der Waals surface area contributed by atoms with Gasteiger partial charge in [-0.05, 0) is 18.2 Å². The number of hydrogen-bond donors (Lipinski definition) is 0.